The fourth-order valence-corrected chi connectivity index (χ4v) is 2.40. The summed E-state index contributed by atoms with van der Waals surface area (Å²) in [5, 5.41) is 3.43. The Morgan fingerprint density at radius 1 is 1.59 bits per heavy atom. The molecule has 1 unspecified atom stereocenters. The van der Waals surface area contributed by atoms with Crippen LogP contribution in [-0.4, -0.2) is 35.6 Å². The highest BCUT2D eigenvalue weighted by Gasteiger charge is 2.28. The molecule has 94 valence electrons. The molecule has 4 heteroatoms. The van der Waals surface area contributed by atoms with Crippen LogP contribution in [0.1, 0.15) is 25.3 Å². The average Bonchev–Trinajstić information content (AvgIpc) is 3.10. The predicted molar refractivity (Wildman–Crippen MR) is 75.4 cm³/mol. The molecule has 1 aliphatic rings. The van der Waals surface area contributed by atoms with E-state index < -0.39 is 0 Å². The van der Waals surface area contributed by atoms with Crippen LogP contribution in [0, 0.1) is 6.92 Å². The fourth-order valence-electron chi connectivity index (χ4n) is 1.96. The van der Waals surface area contributed by atoms with Crippen molar-refractivity contribution in [1.82, 2.24) is 9.88 Å². The van der Waals surface area contributed by atoms with Crippen molar-refractivity contribution in [3.05, 3.63) is 22.3 Å². The molecular formula is C13H20BrN3. The fraction of sp³-hybridized carbons (Fsp3) is 0.615. The van der Waals surface area contributed by atoms with E-state index in [1.54, 1.807) is 0 Å². The van der Waals surface area contributed by atoms with Crippen LogP contribution in [0.4, 0.5) is 5.82 Å². The van der Waals surface area contributed by atoms with Gasteiger partial charge in [0.05, 0.1) is 0 Å². The van der Waals surface area contributed by atoms with Crippen molar-refractivity contribution in [3.63, 3.8) is 0 Å². The zero-order chi connectivity index (χ0) is 12.4. The third-order valence-corrected chi connectivity index (χ3v) is 3.86. The number of halogens is 1. The van der Waals surface area contributed by atoms with Gasteiger partial charge in [-0.3, -0.25) is 4.90 Å². The summed E-state index contributed by atoms with van der Waals surface area (Å²) in [7, 11) is 2.21. The number of nitrogens with zero attached hydrogens (tertiary/aromatic N) is 2. The van der Waals surface area contributed by atoms with Crippen molar-refractivity contribution < 1.29 is 0 Å². The first-order chi connectivity index (χ1) is 8.08. The summed E-state index contributed by atoms with van der Waals surface area (Å²) >= 11 is 3.43. The van der Waals surface area contributed by atoms with E-state index in [0.29, 0.717) is 6.04 Å². The van der Waals surface area contributed by atoms with E-state index in [1.165, 1.54) is 18.4 Å². The first-order valence-corrected chi connectivity index (χ1v) is 6.95. The normalized spacial score (nSPS) is 17.2. The molecule has 0 aromatic carbocycles. The number of aryl methyl sites for hydroxylation is 1. The molecular weight excluding hydrogens is 278 g/mol. The molecule has 0 aliphatic heterocycles. The Morgan fingerprint density at radius 2 is 2.29 bits per heavy atom. The molecule has 0 saturated heterocycles. The molecule has 1 fully saturated rings. The Hall–Kier alpha value is -0.610. The summed E-state index contributed by atoms with van der Waals surface area (Å²) in [6.07, 6.45) is 4.55. The Balaban J connectivity index is 1.88. The second-order valence-electron chi connectivity index (χ2n) is 4.95. The van der Waals surface area contributed by atoms with E-state index in [-0.39, 0.29) is 0 Å². The molecule has 1 saturated carbocycles. The van der Waals surface area contributed by atoms with E-state index in [0.717, 1.165) is 22.9 Å². The third-order valence-electron chi connectivity index (χ3n) is 3.43. The van der Waals surface area contributed by atoms with Crippen molar-refractivity contribution in [2.24, 2.45) is 0 Å². The molecule has 1 heterocycles. The van der Waals surface area contributed by atoms with Crippen molar-refractivity contribution in [1.29, 1.82) is 0 Å². The highest BCUT2D eigenvalue weighted by molar-refractivity contribution is 9.10. The smallest absolute Gasteiger partial charge is 0.128 e. The Bertz CT molecular complexity index is 390. The highest BCUT2D eigenvalue weighted by Crippen LogP contribution is 2.27. The van der Waals surface area contributed by atoms with Crippen LogP contribution in [0.15, 0.2) is 16.7 Å². The number of pyridine rings is 1. The Kier molecular flexibility index (Phi) is 4.05. The number of anilines is 1. The Labute approximate surface area is 112 Å². The van der Waals surface area contributed by atoms with Gasteiger partial charge in [-0.1, -0.05) is 0 Å². The number of likely N-dealkylation sites (N-methyl/N-ethyl adjacent to an activating group) is 1. The lowest BCUT2D eigenvalue weighted by Crippen LogP contribution is -2.36. The molecule has 3 nitrogen and oxygen atoms in total. The summed E-state index contributed by atoms with van der Waals surface area (Å²) in [6, 6.07) is 3.45. The molecule has 0 bridgehead atoms. The summed E-state index contributed by atoms with van der Waals surface area (Å²) in [4.78, 5) is 6.85. The van der Waals surface area contributed by atoms with Gasteiger partial charge in [-0.2, -0.15) is 0 Å². The van der Waals surface area contributed by atoms with Gasteiger partial charge in [0.25, 0.3) is 0 Å². The van der Waals surface area contributed by atoms with Crippen LogP contribution >= 0.6 is 15.9 Å². The Morgan fingerprint density at radius 3 is 2.88 bits per heavy atom. The number of hydrogen-bond donors (Lipinski definition) is 1. The lowest BCUT2D eigenvalue weighted by atomic mass is 10.2. The highest BCUT2D eigenvalue weighted by atomic mass is 79.9. The van der Waals surface area contributed by atoms with Gasteiger partial charge in [0.1, 0.15) is 5.82 Å². The molecule has 1 aromatic heterocycles. The van der Waals surface area contributed by atoms with Crippen LogP contribution in [0.25, 0.3) is 0 Å². The standard InChI is InChI=1S/C13H20BrN3/c1-9-6-11(14)8-16-13(9)15-7-10(2)17(3)12-4-5-12/h6,8,10,12H,4-5,7H2,1-3H3,(H,15,16). The van der Waals surface area contributed by atoms with Gasteiger partial charge in [-0.05, 0) is 61.3 Å². The minimum absolute atomic E-state index is 0.548. The zero-order valence-corrected chi connectivity index (χ0v) is 12.3. The van der Waals surface area contributed by atoms with Crippen molar-refractivity contribution in [3.8, 4) is 0 Å². The van der Waals surface area contributed by atoms with E-state index in [9.17, 15) is 0 Å². The zero-order valence-electron chi connectivity index (χ0n) is 10.7. The SMILES string of the molecule is Cc1cc(Br)cnc1NCC(C)N(C)C1CC1. The van der Waals surface area contributed by atoms with Gasteiger partial charge in [-0.15, -0.1) is 0 Å². The lowest BCUT2D eigenvalue weighted by molar-refractivity contribution is 0.257. The third kappa shape index (κ3) is 3.42. The second-order valence-corrected chi connectivity index (χ2v) is 5.86. The predicted octanol–water partition coefficient (Wildman–Crippen LogP) is 3.05. The minimum atomic E-state index is 0.548. The van der Waals surface area contributed by atoms with Gasteiger partial charge in [0.15, 0.2) is 0 Å². The molecule has 0 spiro atoms. The number of hydrogen-bond acceptors (Lipinski definition) is 3. The summed E-state index contributed by atoms with van der Waals surface area (Å²) in [6.45, 7) is 5.29. The first kappa shape index (κ1) is 12.8. The summed E-state index contributed by atoms with van der Waals surface area (Å²) in [5.41, 5.74) is 1.18. The van der Waals surface area contributed by atoms with Crippen molar-refractivity contribution >= 4 is 21.7 Å². The molecule has 17 heavy (non-hydrogen) atoms. The maximum atomic E-state index is 4.39. The van der Waals surface area contributed by atoms with Crippen molar-refractivity contribution in [2.75, 3.05) is 18.9 Å². The topological polar surface area (TPSA) is 28.2 Å². The lowest BCUT2D eigenvalue weighted by Gasteiger charge is -2.25. The molecule has 1 N–H and O–H groups in total. The van der Waals surface area contributed by atoms with E-state index >= 15 is 0 Å². The number of aromatic nitrogens is 1. The molecule has 1 aliphatic carbocycles. The average molecular weight is 298 g/mol. The van der Waals surface area contributed by atoms with Crippen LogP contribution in [0.3, 0.4) is 0 Å². The molecule has 0 amide bonds. The van der Waals surface area contributed by atoms with Gasteiger partial charge in [-0.25, -0.2) is 4.98 Å². The van der Waals surface area contributed by atoms with Crippen LogP contribution < -0.4 is 5.32 Å². The number of nitrogens with one attached hydrogen (secondary N) is 1. The van der Waals surface area contributed by atoms with E-state index in [4.69, 9.17) is 0 Å². The van der Waals surface area contributed by atoms with Crippen LogP contribution in [0.5, 0.6) is 0 Å². The largest absolute Gasteiger partial charge is 0.368 e. The van der Waals surface area contributed by atoms with Gasteiger partial charge in [0.2, 0.25) is 0 Å². The molecule has 1 aromatic rings. The molecule has 1 atom stereocenters. The van der Waals surface area contributed by atoms with Gasteiger partial charge >= 0.3 is 0 Å². The van der Waals surface area contributed by atoms with E-state index in [1.807, 2.05) is 6.20 Å². The quantitative estimate of drug-likeness (QED) is 0.905. The maximum Gasteiger partial charge on any atom is 0.128 e. The summed E-state index contributed by atoms with van der Waals surface area (Å²) < 4.78 is 1.03. The minimum Gasteiger partial charge on any atom is -0.368 e. The molecule has 0 radical (unpaired) electrons. The van der Waals surface area contributed by atoms with Crippen molar-refractivity contribution in [2.45, 2.75) is 38.8 Å². The van der Waals surface area contributed by atoms with Gasteiger partial charge < -0.3 is 5.32 Å². The van der Waals surface area contributed by atoms with Gasteiger partial charge in [0, 0.05) is 29.3 Å². The maximum absolute atomic E-state index is 4.39. The monoisotopic (exact) mass is 297 g/mol. The second kappa shape index (κ2) is 5.36. The molecule has 2 rings (SSSR count). The van der Waals surface area contributed by atoms with E-state index in [2.05, 4.69) is 58.1 Å². The summed E-state index contributed by atoms with van der Waals surface area (Å²) in [5.74, 6) is 0.990. The number of rotatable bonds is 5. The van der Waals surface area contributed by atoms with Crippen LogP contribution in [-0.2, 0) is 0 Å². The van der Waals surface area contributed by atoms with Crippen LogP contribution in [0.2, 0.25) is 0 Å². The first-order valence-electron chi connectivity index (χ1n) is 6.16.